The summed E-state index contributed by atoms with van der Waals surface area (Å²) in [6, 6.07) is 3.12. The number of aryl methyl sites for hydroxylation is 2. The van der Waals surface area contributed by atoms with Gasteiger partial charge in [0.1, 0.15) is 5.82 Å². The van der Waals surface area contributed by atoms with Gasteiger partial charge in [0.2, 0.25) is 0 Å². The molecule has 0 spiro atoms. The minimum atomic E-state index is -1.02. The summed E-state index contributed by atoms with van der Waals surface area (Å²) in [5.41, 5.74) is 0.449. The average Bonchev–Trinajstić information content (AvgIpc) is 2.24. The summed E-state index contributed by atoms with van der Waals surface area (Å²) < 4.78 is 13.5. The standard InChI is InChI=1S/C14H19FO3/c1-8-5-10(6-9(2)12(8)15)11(16)7-14(3,4)13(17)18/h5-6,11,16H,7H2,1-4H3,(H,17,18). The van der Waals surface area contributed by atoms with Gasteiger partial charge < -0.3 is 10.2 Å². The van der Waals surface area contributed by atoms with E-state index in [1.807, 2.05) is 0 Å². The Bertz CT molecular complexity index is 443. The van der Waals surface area contributed by atoms with Gasteiger partial charge in [-0.05, 0) is 50.8 Å². The van der Waals surface area contributed by atoms with Gasteiger partial charge in [-0.3, -0.25) is 4.79 Å². The highest BCUT2D eigenvalue weighted by atomic mass is 19.1. The maximum absolute atomic E-state index is 13.5. The Morgan fingerprint density at radius 2 is 1.78 bits per heavy atom. The molecule has 1 atom stereocenters. The number of carboxylic acid groups (broad SMARTS) is 1. The van der Waals surface area contributed by atoms with E-state index in [1.165, 1.54) is 0 Å². The van der Waals surface area contributed by atoms with Gasteiger partial charge in [0.15, 0.2) is 0 Å². The molecule has 0 saturated heterocycles. The third kappa shape index (κ3) is 3.07. The van der Waals surface area contributed by atoms with E-state index < -0.39 is 17.5 Å². The highest BCUT2D eigenvalue weighted by molar-refractivity contribution is 5.73. The van der Waals surface area contributed by atoms with Crippen molar-refractivity contribution in [1.29, 1.82) is 0 Å². The second-order valence-electron chi connectivity index (χ2n) is 5.38. The van der Waals surface area contributed by atoms with E-state index in [9.17, 15) is 14.3 Å². The van der Waals surface area contributed by atoms with Crippen molar-refractivity contribution in [1.82, 2.24) is 0 Å². The summed E-state index contributed by atoms with van der Waals surface area (Å²) in [6.45, 7) is 6.37. The van der Waals surface area contributed by atoms with Gasteiger partial charge in [-0.25, -0.2) is 4.39 Å². The van der Waals surface area contributed by atoms with E-state index >= 15 is 0 Å². The second kappa shape index (κ2) is 5.06. The SMILES string of the molecule is Cc1cc(C(O)CC(C)(C)C(=O)O)cc(C)c1F. The molecule has 100 valence electrons. The summed E-state index contributed by atoms with van der Waals surface area (Å²) in [4.78, 5) is 11.0. The Hall–Kier alpha value is -1.42. The van der Waals surface area contributed by atoms with Crippen LogP contribution in [-0.2, 0) is 4.79 Å². The first kappa shape index (κ1) is 14.6. The molecule has 0 aliphatic heterocycles. The number of rotatable bonds is 4. The minimum absolute atomic E-state index is 0.0901. The number of aliphatic hydroxyl groups excluding tert-OH is 1. The third-order valence-corrected chi connectivity index (χ3v) is 3.13. The molecule has 0 saturated carbocycles. The lowest BCUT2D eigenvalue weighted by Gasteiger charge is -2.23. The molecule has 0 bridgehead atoms. The molecule has 3 nitrogen and oxygen atoms in total. The van der Waals surface area contributed by atoms with Crippen molar-refractivity contribution in [3.05, 3.63) is 34.6 Å². The maximum Gasteiger partial charge on any atom is 0.309 e. The largest absolute Gasteiger partial charge is 0.481 e. The van der Waals surface area contributed by atoms with Gasteiger partial charge >= 0.3 is 5.97 Å². The van der Waals surface area contributed by atoms with Crippen molar-refractivity contribution >= 4 is 5.97 Å². The monoisotopic (exact) mass is 254 g/mol. The summed E-state index contributed by atoms with van der Waals surface area (Å²) in [5.74, 6) is -1.25. The van der Waals surface area contributed by atoms with Crippen molar-refractivity contribution in [3.8, 4) is 0 Å². The van der Waals surface area contributed by atoms with E-state index in [0.29, 0.717) is 16.7 Å². The Morgan fingerprint density at radius 1 is 1.33 bits per heavy atom. The van der Waals surface area contributed by atoms with Gasteiger partial charge in [-0.15, -0.1) is 0 Å². The van der Waals surface area contributed by atoms with Gasteiger partial charge in [-0.1, -0.05) is 12.1 Å². The zero-order valence-electron chi connectivity index (χ0n) is 11.1. The van der Waals surface area contributed by atoms with Crippen molar-refractivity contribution in [2.45, 2.75) is 40.2 Å². The molecular formula is C14H19FO3. The van der Waals surface area contributed by atoms with Crippen LogP contribution in [0.5, 0.6) is 0 Å². The number of carbonyl (C=O) groups is 1. The summed E-state index contributed by atoms with van der Waals surface area (Å²) in [5, 5.41) is 19.1. The third-order valence-electron chi connectivity index (χ3n) is 3.13. The molecule has 0 aromatic heterocycles. The van der Waals surface area contributed by atoms with Crippen LogP contribution in [0.4, 0.5) is 4.39 Å². The maximum atomic E-state index is 13.5. The van der Waals surface area contributed by atoms with Crippen LogP contribution in [-0.4, -0.2) is 16.2 Å². The number of hydrogen-bond acceptors (Lipinski definition) is 2. The van der Waals surface area contributed by atoms with Gasteiger partial charge in [0, 0.05) is 0 Å². The summed E-state index contributed by atoms with van der Waals surface area (Å²) >= 11 is 0. The van der Waals surface area contributed by atoms with Crippen LogP contribution in [0.25, 0.3) is 0 Å². The molecular weight excluding hydrogens is 235 g/mol. The first-order valence-electron chi connectivity index (χ1n) is 5.83. The van der Waals surface area contributed by atoms with Crippen LogP contribution in [0.2, 0.25) is 0 Å². The van der Waals surface area contributed by atoms with Gasteiger partial charge in [-0.2, -0.15) is 0 Å². The number of benzene rings is 1. The van der Waals surface area contributed by atoms with Crippen molar-refractivity contribution in [2.75, 3.05) is 0 Å². The molecule has 1 aromatic carbocycles. The van der Waals surface area contributed by atoms with Crippen molar-refractivity contribution < 1.29 is 19.4 Å². The molecule has 4 heteroatoms. The Morgan fingerprint density at radius 3 is 2.17 bits per heavy atom. The summed E-state index contributed by atoms with van der Waals surface area (Å²) in [7, 11) is 0. The number of aliphatic carboxylic acids is 1. The van der Waals surface area contributed by atoms with E-state index in [2.05, 4.69) is 0 Å². The lowest BCUT2D eigenvalue weighted by Crippen LogP contribution is -2.26. The van der Waals surface area contributed by atoms with Crippen LogP contribution in [0.1, 0.15) is 43.1 Å². The first-order chi connectivity index (χ1) is 8.15. The van der Waals surface area contributed by atoms with Crippen molar-refractivity contribution in [2.24, 2.45) is 5.41 Å². The normalized spacial score (nSPS) is 13.4. The first-order valence-corrected chi connectivity index (χ1v) is 5.83. The lowest BCUT2D eigenvalue weighted by atomic mass is 9.84. The number of carboxylic acids is 1. The molecule has 0 radical (unpaired) electrons. The Balaban J connectivity index is 2.98. The predicted octanol–water partition coefficient (Wildman–Crippen LogP) is 2.98. The molecule has 0 fully saturated rings. The van der Waals surface area contributed by atoms with Crippen LogP contribution in [0.3, 0.4) is 0 Å². The molecule has 1 aromatic rings. The number of halogens is 1. The smallest absolute Gasteiger partial charge is 0.309 e. The van der Waals surface area contributed by atoms with Crippen LogP contribution in [0, 0.1) is 25.1 Å². The van der Waals surface area contributed by atoms with Gasteiger partial charge in [0.25, 0.3) is 0 Å². The molecule has 0 heterocycles. The predicted molar refractivity (Wildman–Crippen MR) is 66.9 cm³/mol. The van der Waals surface area contributed by atoms with Crippen LogP contribution < -0.4 is 0 Å². The quantitative estimate of drug-likeness (QED) is 0.868. The Labute approximate surface area is 106 Å². The minimum Gasteiger partial charge on any atom is -0.481 e. The van der Waals surface area contributed by atoms with E-state index in [-0.39, 0.29) is 12.2 Å². The molecule has 18 heavy (non-hydrogen) atoms. The zero-order chi connectivity index (χ0) is 14.1. The fourth-order valence-corrected chi connectivity index (χ4v) is 1.86. The van der Waals surface area contributed by atoms with E-state index in [0.717, 1.165) is 0 Å². The van der Waals surface area contributed by atoms with Crippen LogP contribution >= 0.6 is 0 Å². The molecule has 0 aliphatic carbocycles. The van der Waals surface area contributed by atoms with E-state index in [1.54, 1.807) is 39.8 Å². The zero-order valence-corrected chi connectivity index (χ0v) is 11.1. The fraction of sp³-hybridized carbons (Fsp3) is 0.500. The molecule has 1 rings (SSSR count). The highest BCUT2D eigenvalue weighted by Crippen LogP contribution is 2.31. The fourth-order valence-electron chi connectivity index (χ4n) is 1.86. The molecule has 2 N–H and O–H groups in total. The van der Waals surface area contributed by atoms with Crippen LogP contribution in [0.15, 0.2) is 12.1 Å². The molecule has 0 aliphatic rings. The number of aliphatic hydroxyl groups is 1. The Kier molecular flexibility index (Phi) is 4.12. The lowest BCUT2D eigenvalue weighted by molar-refractivity contribution is -0.148. The topological polar surface area (TPSA) is 57.5 Å². The van der Waals surface area contributed by atoms with Gasteiger partial charge in [0.05, 0.1) is 11.5 Å². The summed E-state index contributed by atoms with van der Waals surface area (Å²) in [6.07, 6.45) is -0.818. The second-order valence-corrected chi connectivity index (χ2v) is 5.38. The molecule has 0 amide bonds. The van der Waals surface area contributed by atoms with Crippen molar-refractivity contribution in [3.63, 3.8) is 0 Å². The molecule has 1 unspecified atom stereocenters. The highest BCUT2D eigenvalue weighted by Gasteiger charge is 2.30. The number of hydrogen-bond donors (Lipinski definition) is 2. The average molecular weight is 254 g/mol. The van der Waals surface area contributed by atoms with E-state index in [4.69, 9.17) is 5.11 Å².